The minimum Gasteiger partial charge on any atom is -0.468 e. The Morgan fingerprint density at radius 3 is 2.37 bits per heavy atom. The van der Waals surface area contributed by atoms with Crippen molar-refractivity contribution in [3.05, 3.63) is 35.9 Å². The number of hydrogen-bond acceptors (Lipinski definition) is 7. The second-order valence-corrected chi connectivity index (χ2v) is 12.7. The summed E-state index contributed by atoms with van der Waals surface area (Å²) < 4.78 is 17.7. The fourth-order valence-corrected chi connectivity index (χ4v) is 6.88. The van der Waals surface area contributed by atoms with Gasteiger partial charge in [0.2, 0.25) is 17.7 Å². The van der Waals surface area contributed by atoms with E-state index in [4.69, 9.17) is 13.9 Å². The van der Waals surface area contributed by atoms with E-state index in [9.17, 15) is 19.2 Å². The van der Waals surface area contributed by atoms with Gasteiger partial charge in [0, 0.05) is 50.1 Å². The lowest BCUT2D eigenvalue weighted by atomic mass is 9.64. The smallest absolute Gasteiger partial charge is 0.320 e. The summed E-state index contributed by atoms with van der Waals surface area (Å²) in [5.41, 5.74) is -0.578. The largest absolute Gasteiger partial charge is 0.468 e. The minimum absolute atomic E-state index is 0.0128. The van der Waals surface area contributed by atoms with Crippen LogP contribution in [-0.2, 0) is 35.2 Å². The van der Waals surface area contributed by atoms with E-state index in [1.807, 2.05) is 17.0 Å². The summed E-state index contributed by atoms with van der Waals surface area (Å²) in [6.45, 7) is 6.22. The molecular weight excluding hydrogens is 526 g/mol. The lowest BCUT2D eigenvalue weighted by Crippen LogP contribution is -2.61. The molecule has 0 N–H and O–H groups in total. The Morgan fingerprint density at radius 1 is 1.07 bits per heavy atom. The first-order valence-electron chi connectivity index (χ1n) is 15.1. The van der Waals surface area contributed by atoms with Crippen LogP contribution in [0.4, 0.5) is 0 Å². The maximum Gasteiger partial charge on any atom is 0.320 e. The summed E-state index contributed by atoms with van der Waals surface area (Å²) in [5, 5.41) is 0. The summed E-state index contributed by atoms with van der Waals surface area (Å²) in [6.07, 6.45) is 6.75. The molecule has 10 heteroatoms. The van der Waals surface area contributed by atoms with Crippen LogP contribution in [0.1, 0.15) is 58.1 Å². The molecule has 1 aromatic heterocycles. The molecule has 222 valence electrons. The highest BCUT2D eigenvalue weighted by Crippen LogP contribution is 2.56. The number of hydrogen-bond donors (Lipinski definition) is 0. The van der Waals surface area contributed by atoms with Crippen LogP contribution in [0.15, 0.2) is 34.6 Å². The van der Waals surface area contributed by atoms with Crippen LogP contribution in [0.2, 0.25) is 0 Å². The zero-order chi connectivity index (χ0) is 28.9. The molecule has 41 heavy (non-hydrogen) atoms. The standard InChI is InChI=1S/C31H41N3O7/c1-19(2)24-16-25-31(30(38)39-3,27(41-24)20-6-7-20)17-22(29(37)34(25)18-23-5-4-14-40-23)15-26(35)32-10-12-33(13-11-32)28(36)21-8-9-21/h4-5,14,16,19-22,24,27H,6-13,15,17-18H2,1-3H3/t22-,24+,27+,31+/m0/s1. The number of piperazine rings is 1. The Bertz CT molecular complexity index is 1210. The number of piperidine rings is 1. The molecule has 2 saturated heterocycles. The van der Waals surface area contributed by atoms with Crippen molar-refractivity contribution in [2.75, 3.05) is 33.3 Å². The van der Waals surface area contributed by atoms with Crippen molar-refractivity contribution in [1.29, 1.82) is 0 Å². The molecule has 6 rings (SSSR count). The highest BCUT2D eigenvalue weighted by molar-refractivity contribution is 5.93. The highest BCUT2D eigenvalue weighted by Gasteiger charge is 2.64. The number of esters is 1. The summed E-state index contributed by atoms with van der Waals surface area (Å²) in [5.74, 6) is -0.205. The van der Waals surface area contributed by atoms with Crippen LogP contribution >= 0.6 is 0 Å². The van der Waals surface area contributed by atoms with Gasteiger partial charge in [0.05, 0.1) is 32.1 Å². The number of ether oxygens (including phenoxy) is 2. The first-order valence-corrected chi connectivity index (χ1v) is 15.1. The van der Waals surface area contributed by atoms with Crippen LogP contribution in [0.25, 0.3) is 0 Å². The van der Waals surface area contributed by atoms with Crippen LogP contribution < -0.4 is 0 Å². The van der Waals surface area contributed by atoms with Crippen molar-refractivity contribution >= 4 is 23.7 Å². The van der Waals surface area contributed by atoms with Crippen LogP contribution in [0.5, 0.6) is 0 Å². The number of nitrogens with zero attached hydrogens (tertiary/aromatic N) is 3. The number of amides is 3. The molecule has 3 aliphatic heterocycles. The Kier molecular flexibility index (Phi) is 7.46. The Balaban J connectivity index is 1.30. The molecule has 2 aliphatic carbocycles. The van der Waals surface area contributed by atoms with E-state index in [0.717, 1.165) is 25.7 Å². The number of carbonyl (C=O) groups is 4. The van der Waals surface area contributed by atoms with Gasteiger partial charge in [-0.25, -0.2) is 0 Å². The van der Waals surface area contributed by atoms with Crippen LogP contribution in [0, 0.1) is 29.1 Å². The third-order valence-electron chi connectivity index (χ3n) is 9.49. The normalized spacial score (nSPS) is 30.2. The number of methoxy groups -OCH3 is 1. The van der Waals surface area contributed by atoms with E-state index in [-0.39, 0.29) is 61.0 Å². The van der Waals surface area contributed by atoms with Crippen molar-refractivity contribution in [3.63, 3.8) is 0 Å². The fraction of sp³-hybridized carbons (Fsp3) is 0.677. The van der Waals surface area contributed by atoms with E-state index < -0.39 is 23.4 Å². The lowest BCUT2D eigenvalue weighted by molar-refractivity contribution is -0.182. The predicted molar refractivity (Wildman–Crippen MR) is 147 cm³/mol. The summed E-state index contributed by atoms with van der Waals surface area (Å²) in [7, 11) is 1.38. The third kappa shape index (κ3) is 5.19. The molecule has 0 radical (unpaired) electrons. The molecule has 3 amide bonds. The molecule has 4 fully saturated rings. The van der Waals surface area contributed by atoms with E-state index in [0.29, 0.717) is 37.6 Å². The molecule has 4 heterocycles. The molecule has 0 spiro atoms. The second-order valence-electron chi connectivity index (χ2n) is 12.7. The lowest BCUT2D eigenvalue weighted by Gasteiger charge is -2.53. The van der Waals surface area contributed by atoms with E-state index >= 15 is 0 Å². The summed E-state index contributed by atoms with van der Waals surface area (Å²) in [4.78, 5) is 59.4. The van der Waals surface area contributed by atoms with Gasteiger partial charge in [-0.2, -0.15) is 0 Å². The Morgan fingerprint density at radius 2 is 1.78 bits per heavy atom. The number of carbonyl (C=O) groups excluding carboxylic acids is 4. The van der Waals surface area contributed by atoms with E-state index in [1.54, 1.807) is 22.1 Å². The topological polar surface area (TPSA) is 110 Å². The maximum atomic E-state index is 14.2. The quantitative estimate of drug-likeness (QED) is 0.444. The van der Waals surface area contributed by atoms with Gasteiger partial charge in [-0.15, -0.1) is 0 Å². The SMILES string of the molecule is COC(=O)[C@]12C[C@H](CC(=O)N3CCN(C(=O)C4CC4)CC3)C(=O)N(Cc3ccco3)C1=C[C@H](C(C)C)O[C@@H]2C1CC1. The highest BCUT2D eigenvalue weighted by atomic mass is 16.5. The van der Waals surface area contributed by atoms with Gasteiger partial charge in [0.1, 0.15) is 11.2 Å². The minimum atomic E-state index is -1.19. The number of fused-ring (bicyclic) bond motifs is 1. The number of furan rings is 1. The van der Waals surface area contributed by atoms with E-state index in [2.05, 4.69) is 13.8 Å². The molecule has 0 unspecified atom stereocenters. The van der Waals surface area contributed by atoms with Crippen LogP contribution in [0.3, 0.4) is 0 Å². The molecule has 2 saturated carbocycles. The first-order chi connectivity index (χ1) is 19.7. The van der Waals surface area contributed by atoms with Crippen molar-refractivity contribution < 1.29 is 33.1 Å². The van der Waals surface area contributed by atoms with Crippen molar-refractivity contribution in [1.82, 2.24) is 14.7 Å². The molecular formula is C31H41N3O7. The average molecular weight is 568 g/mol. The third-order valence-corrected chi connectivity index (χ3v) is 9.49. The van der Waals surface area contributed by atoms with Gasteiger partial charge in [-0.05, 0) is 62.1 Å². The van der Waals surface area contributed by atoms with Gasteiger partial charge in [0.25, 0.3) is 0 Å². The molecule has 0 bridgehead atoms. The van der Waals surface area contributed by atoms with Gasteiger partial charge in [-0.1, -0.05) is 13.8 Å². The Hall–Kier alpha value is -3.14. The Labute approximate surface area is 241 Å². The summed E-state index contributed by atoms with van der Waals surface area (Å²) >= 11 is 0. The number of rotatable bonds is 8. The van der Waals surface area contributed by atoms with Crippen molar-refractivity contribution in [2.24, 2.45) is 29.1 Å². The second kappa shape index (κ2) is 10.9. The van der Waals surface area contributed by atoms with Gasteiger partial charge >= 0.3 is 5.97 Å². The molecule has 10 nitrogen and oxygen atoms in total. The molecule has 5 aliphatic rings. The average Bonchev–Trinajstić information content (AvgIpc) is 3.92. The van der Waals surface area contributed by atoms with Crippen LogP contribution in [-0.4, -0.2) is 83.9 Å². The van der Waals surface area contributed by atoms with Crippen molar-refractivity contribution in [2.45, 2.75) is 71.1 Å². The number of likely N-dealkylation sites (tertiary alicyclic amines) is 1. The maximum absolute atomic E-state index is 14.2. The molecule has 0 aromatic carbocycles. The van der Waals surface area contributed by atoms with Crippen molar-refractivity contribution in [3.8, 4) is 0 Å². The van der Waals surface area contributed by atoms with Gasteiger partial charge in [-0.3, -0.25) is 19.2 Å². The molecule has 1 aromatic rings. The van der Waals surface area contributed by atoms with Gasteiger partial charge in [0.15, 0.2) is 0 Å². The first kappa shape index (κ1) is 28.0. The molecule has 4 atom stereocenters. The van der Waals surface area contributed by atoms with Gasteiger partial charge < -0.3 is 28.6 Å². The predicted octanol–water partition coefficient (Wildman–Crippen LogP) is 2.98. The zero-order valence-electron chi connectivity index (χ0n) is 24.3. The fourth-order valence-electron chi connectivity index (χ4n) is 6.88. The van der Waals surface area contributed by atoms with E-state index in [1.165, 1.54) is 7.11 Å². The monoisotopic (exact) mass is 567 g/mol. The summed E-state index contributed by atoms with van der Waals surface area (Å²) in [6, 6.07) is 3.58. The zero-order valence-corrected chi connectivity index (χ0v) is 24.3.